The van der Waals surface area contributed by atoms with Crippen molar-refractivity contribution in [3.8, 4) is 0 Å². The number of rotatable bonds is 9. The van der Waals surface area contributed by atoms with Gasteiger partial charge in [0.05, 0.1) is 5.69 Å². The van der Waals surface area contributed by atoms with E-state index in [1.165, 1.54) is 11.1 Å². The highest BCUT2D eigenvalue weighted by molar-refractivity contribution is 5.94. The molecule has 0 spiro atoms. The number of carbonyl (C=O) groups is 1. The normalized spacial score (nSPS) is 13.6. The first-order valence-corrected chi connectivity index (χ1v) is 8.95. The number of aliphatic hydroxyl groups excluding tert-OH is 1. The van der Waals surface area contributed by atoms with Gasteiger partial charge in [-0.25, -0.2) is 0 Å². The molecule has 0 saturated heterocycles. The molecule has 0 amide bonds. The molecule has 0 aliphatic carbocycles. The van der Waals surface area contributed by atoms with E-state index in [4.69, 9.17) is 10.8 Å². The summed E-state index contributed by atoms with van der Waals surface area (Å²) in [4.78, 5) is 12.5. The summed E-state index contributed by atoms with van der Waals surface area (Å²) in [6.45, 7) is 4.08. The molecule has 0 unspecified atom stereocenters. The summed E-state index contributed by atoms with van der Waals surface area (Å²) in [6, 6.07) is 12.3. The van der Waals surface area contributed by atoms with Crippen molar-refractivity contribution in [1.29, 1.82) is 0 Å². The quantitative estimate of drug-likeness (QED) is 0.688. The zero-order valence-corrected chi connectivity index (χ0v) is 15.6. The Hall–Kier alpha value is -1.91. The van der Waals surface area contributed by atoms with Crippen LogP contribution in [0.2, 0.25) is 0 Å². The van der Waals surface area contributed by atoms with Crippen molar-refractivity contribution in [2.45, 2.75) is 51.5 Å². The van der Waals surface area contributed by atoms with Crippen LogP contribution in [0.25, 0.3) is 0 Å². The first-order valence-electron chi connectivity index (χ1n) is 8.95. The average Bonchev–Trinajstić information content (AvgIpc) is 2.89. The number of hydrogen-bond acceptors (Lipinski definition) is 3. The number of nitrogens with zero attached hydrogens (tertiary/aromatic N) is 1. The van der Waals surface area contributed by atoms with Gasteiger partial charge < -0.3 is 15.4 Å². The molecular weight excluding hydrogens is 312 g/mol. The maximum absolute atomic E-state index is 12.5. The number of hydrogen-bond donors (Lipinski definition) is 2. The van der Waals surface area contributed by atoms with Gasteiger partial charge in [-0.15, -0.1) is 0 Å². The van der Waals surface area contributed by atoms with E-state index in [2.05, 4.69) is 31.2 Å². The van der Waals surface area contributed by atoms with Crippen LogP contribution in [-0.4, -0.2) is 27.6 Å². The molecule has 0 radical (unpaired) electrons. The van der Waals surface area contributed by atoms with Gasteiger partial charge in [-0.1, -0.05) is 29.8 Å². The van der Waals surface area contributed by atoms with E-state index < -0.39 is 5.54 Å². The maximum atomic E-state index is 12.5. The van der Waals surface area contributed by atoms with Crippen LogP contribution in [0.3, 0.4) is 0 Å². The van der Waals surface area contributed by atoms with Gasteiger partial charge in [-0.3, -0.25) is 4.79 Å². The highest BCUT2D eigenvalue weighted by Crippen LogP contribution is 2.18. The van der Waals surface area contributed by atoms with Crippen LogP contribution in [0.4, 0.5) is 0 Å². The number of Topliss-reactive ketones (excluding diaryl/α,β-unsaturated/α-hetero) is 1. The molecule has 1 heterocycles. The molecule has 136 valence electrons. The lowest BCUT2D eigenvalue weighted by atomic mass is 9.94. The van der Waals surface area contributed by atoms with Gasteiger partial charge in [0, 0.05) is 37.7 Å². The lowest BCUT2D eigenvalue weighted by Gasteiger charge is -2.24. The number of aromatic nitrogens is 1. The van der Waals surface area contributed by atoms with Crippen LogP contribution in [0.1, 0.15) is 53.5 Å². The summed E-state index contributed by atoms with van der Waals surface area (Å²) in [7, 11) is 1.91. The SMILES string of the molecule is Cc1ccc(CCCC(=O)c2ccc(C[C@@](C)(N)CCO)n2C)cc1. The maximum Gasteiger partial charge on any atom is 0.179 e. The third-order valence-electron chi connectivity index (χ3n) is 4.77. The van der Waals surface area contributed by atoms with Gasteiger partial charge in [0.15, 0.2) is 5.78 Å². The van der Waals surface area contributed by atoms with Crippen molar-refractivity contribution in [2.75, 3.05) is 6.61 Å². The van der Waals surface area contributed by atoms with E-state index in [0.29, 0.717) is 19.3 Å². The minimum atomic E-state index is -0.466. The Morgan fingerprint density at radius 2 is 1.88 bits per heavy atom. The van der Waals surface area contributed by atoms with Gasteiger partial charge in [-0.2, -0.15) is 0 Å². The molecule has 1 aromatic heterocycles. The topological polar surface area (TPSA) is 68.2 Å². The summed E-state index contributed by atoms with van der Waals surface area (Å²) >= 11 is 0. The average molecular weight is 342 g/mol. The van der Waals surface area contributed by atoms with Gasteiger partial charge in [-0.05, 0) is 50.8 Å². The van der Waals surface area contributed by atoms with Gasteiger partial charge in [0.25, 0.3) is 0 Å². The standard InChI is InChI=1S/C21H30N2O2/c1-16-7-9-17(10-8-16)5-4-6-20(25)19-12-11-18(23(19)3)15-21(2,22)13-14-24/h7-12,24H,4-6,13-15,22H2,1-3H3/t21-/m0/s1. The largest absolute Gasteiger partial charge is 0.396 e. The Labute approximate surface area is 150 Å². The fourth-order valence-corrected chi connectivity index (χ4v) is 3.10. The van der Waals surface area contributed by atoms with Crippen LogP contribution in [0.15, 0.2) is 36.4 Å². The fraction of sp³-hybridized carbons (Fsp3) is 0.476. The summed E-state index contributed by atoms with van der Waals surface area (Å²) in [5.41, 5.74) is 10.0. The van der Waals surface area contributed by atoms with Crippen molar-refractivity contribution in [3.63, 3.8) is 0 Å². The smallest absolute Gasteiger partial charge is 0.179 e. The molecule has 0 aliphatic heterocycles. The summed E-state index contributed by atoms with van der Waals surface area (Å²) in [6.07, 6.45) is 3.49. The lowest BCUT2D eigenvalue weighted by molar-refractivity contribution is 0.0972. The van der Waals surface area contributed by atoms with E-state index in [-0.39, 0.29) is 12.4 Å². The highest BCUT2D eigenvalue weighted by Gasteiger charge is 2.21. The Kier molecular flexibility index (Phi) is 6.57. The molecule has 0 aliphatic rings. The highest BCUT2D eigenvalue weighted by atomic mass is 16.3. The Bertz CT molecular complexity index is 699. The van der Waals surface area contributed by atoms with E-state index in [9.17, 15) is 4.79 Å². The molecule has 1 aromatic carbocycles. The lowest BCUT2D eigenvalue weighted by Crippen LogP contribution is -2.40. The first kappa shape index (κ1) is 19.4. The Balaban J connectivity index is 1.92. The summed E-state index contributed by atoms with van der Waals surface area (Å²) in [5.74, 6) is 0.168. The summed E-state index contributed by atoms with van der Waals surface area (Å²) in [5, 5.41) is 9.11. The zero-order valence-electron chi connectivity index (χ0n) is 15.6. The number of aryl methyl sites for hydroxylation is 2. The minimum absolute atomic E-state index is 0.0716. The molecule has 0 bridgehead atoms. The number of benzene rings is 1. The molecule has 3 N–H and O–H groups in total. The van der Waals surface area contributed by atoms with E-state index in [1.54, 1.807) is 0 Å². The molecule has 4 heteroatoms. The van der Waals surface area contributed by atoms with Crippen LogP contribution >= 0.6 is 0 Å². The van der Waals surface area contributed by atoms with Gasteiger partial charge >= 0.3 is 0 Å². The second-order valence-corrected chi connectivity index (χ2v) is 7.34. The van der Waals surface area contributed by atoms with Crippen molar-refractivity contribution in [3.05, 3.63) is 58.9 Å². The molecule has 0 fully saturated rings. The van der Waals surface area contributed by atoms with E-state index in [0.717, 1.165) is 24.2 Å². The predicted octanol–water partition coefficient (Wildman–Crippen LogP) is 3.18. The van der Waals surface area contributed by atoms with Crippen LogP contribution in [-0.2, 0) is 19.9 Å². The number of carbonyl (C=O) groups excluding carboxylic acids is 1. The first-order chi connectivity index (χ1) is 11.8. The third-order valence-corrected chi connectivity index (χ3v) is 4.77. The number of aliphatic hydroxyl groups is 1. The molecule has 1 atom stereocenters. The van der Waals surface area contributed by atoms with Gasteiger partial charge in [0.1, 0.15) is 0 Å². The molecule has 0 saturated carbocycles. The molecule has 2 rings (SSSR count). The van der Waals surface area contributed by atoms with Gasteiger partial charge in [0.2, 0.25) is 0 Å². The molecular formula is C21H30N2O2. The second kappa shape index (κ2) is 8.45. The third kappa shape index (κ3) is 5.55. The second-order valence-electron chi connectivity index (χ2n) is 7.34. The van der Waals surface area contributed by atoms with Crippen molar-refractivity contribution in [2.24, 2.45) is 12.8 Å². The fourth-order valence-electron chi connectivity index (χ4n) is 3.10. The van der Waals surface area contributed by atoms with Crippen molar-refractivity contribution in [1.82, 2.24) is 4.57 Å². The number of ketones is 1. The van der Waals surface area contributed by atoms with Crippen molar-refractivity contribution >= 4 is 5.78 Å². The number of nitrogens with two attached hydrogens (primary N) is 1. The molecule has 4 nitrogen and oxygen atoms in total. The van der Waals surface area contributed by atoms with E-state index in [1.807, 2.05) is 30.7 Å². The van der Waals surface area contributed by atoms with Crippen LogP contribution < -0.4 is 5.73 Å². The Morgan fingerprint density at radius 3 is 2.52 bits per heavy atom. The van der Waals surface area contributed by atoms with Crippen LogP contribution in [0.5, 0.6) is 0 Å². The van der Waals surface area contributed by atoms with Crippen LogP contribution in [0, 0.1) is 6.92 Å². The monoisotopic (exact) mass is 342 g/mol. The summed E-state index contributed by atoms with van der Waals surface area (Å²) < 4.78 is 1.94. The Morgan fingerprint density at radius 1 is 1.20 bits per heavy atom. The van der Waals surface area contributed by atoms with Crippen molar-refractivity contribution < 1.29 is 9.90 Å². The van der Waals surface area contributed by atoms with E-state index >= 15 is 0 Å². The minimum Gasteiger partial charge on any atom is -0.396 e. The molecule has 25 heavy (non-hydrogen) atoms. The predicted molar refractivity (Wildman–Crippen MR) is 102 cm³/mol. The zero-order chi connectivity index (χ0) is 18.4. The molecule has 2 aromatic rings.